The van der Waals surface area contributed by atoms with Gasteiger partial charge in [-0.2, -0.15) is 0 Å². The van der Waals surface area contributed by atoms with Crippen LogP contribution in [-0.4, -0.2) is 34.4 Å². The van der Waals surface area contributed by atoms with Gasteiger partial charge in [-0.15, -0.1) is 0 Å². The Morgan fingerprint density at radius 2 is 2.36 bits per heavy atom. The summed E-state index contributed by atoms with van der Waals surface area (Å²) in [5.74, 6) is -0.679. The lowest BCUT2D eigenvalue weighted by Gasteiger charge is -2.18. The first-order chi connectivity index (χ1) is 10.6. The highest BCUT2D eigenvalue weighted by Gasteiger charge is 2.34. The number of carbonyl (C=O) groups is 1. The number of hydrogen-bond acceptors (Lipinski definition) is 4. The minimum absolute atomic E-state index is 0.0268. The Morgan fingerprint density at radius 1 is 1.55 bits per heavy atom. The molecule has 2 fully saturated rings. The molecular weight excluding hydrogens is 345 g/mol. The molecule has 0 bridgehead atoms. The molecule has 0 aliphatic carbocycles. The molecule has 2 saturated heterocycles. The molecular formula is C15H13ClFNO2S2. The second-order valence-electron chi connectivity index (χ2n) is 5.06. The van der Waals surface area contributed by atoms with Gasteiger partial charge in [0.05, 0.1) is 22.6 Å². The molecule has 22 heavy (non-hydrogen) atoms. The highest BCUT2D eigenvalue weighted by molar-refractivity contribution is 8.26. The first-order valence-corrected chi connectivity index (χ1v) is 8.47. The minimum atomic E-state index is -0.461. The van der Waals surface area contributed by atoms with Crippen molar-refractivity contribution in [2.45, 2.75) is 18.9 Å². The van der Waals surface area contributed by atoms with Gasteiger partial charge in [0.1, 0.15) is 10.1 Å². The average Bonchev–Trinajstić information content (AvgIpc) is 3.07. The van der Waals surface area contributed by atoms with E-state index in [0.29, 0.717) is 15.8 Å². The van der Waals surface area contributed by atoms with Crippen molar-refractivity contribution >= 4 is 51.9 Å². The third-order valence-electron chi connectivity index (χ3n) is 3.56. The predicted octanol–water partition coefficient (Wildman–Crippen LogP) is 3.86. The van der Waals surface area contributed by atoms with Crippen molar-refractivity contribution in [3.63, 3.8) is 0 Å². The third-order valence-corrected chi connectivity index (χ3v) is 5.27. The molecule has 0 radical (unpaired) electrons. The van der Waals surface area contributed by atoms with Crippen LogP contribution in [0.5, 0.6) is 0 Å². The maximum atomic E-state index is 13.8. The summed E-state index contributed by atoms with van der Waals surface area (Å²) in [6, 6.07) is 4.42. The maximum Gasteiger partial charge on any atom is 0.266 e. The van der Waals surface area contributed by atoms with Crippen molar-refractivity contribution in [2.24, 2.45) is 0 Å². The van der Waals surface area contributed by atoms with Gasteiger partial charge >= 0.3 is 0 Å². The maximum absolute atomic E-state index is 13.8. The van der Waals surface area contributed by atoms with Crippen LogP contribution >= 0.6 is 35.6 Å². The van der Waals surface area contributed by atoms with Gasteiger partial charge in [-0.05, 0) is 31.1 Å². The summed E-state index contributed by atoms with van der Waals surface area (Å²) in [6.07, 6.45) is 3.42. The smallest absolute Gasteiger partial charge is 0.266 e. The average molecular weight is 358 g/mol. The Hall–Kier alpha value is -0.950. The van der Waals surface area contributed by atoms with Gasteiger partial charge in [-0.3, -0.25) is 9.69 Å². The van der Waals surface area contributed by atoms with Crippen molar-refractivity contribution in [1.29, 1.82) is 0 Å². The summed E-state index contributed by atoms with van der Waals surface area (Å²) in [5.41, 5.74) is 0.210. The predicted molar refractivity (Wildman–Crippen MR) is 90.3 cm³/mol. The van der Waals surface area contributed by atoms with Gasteiger partial charge < -0.3 is 4.74 Å². The Kier molecular flexibility index (Phi) is 4.82. The van der Waals surface area contributed by atoms with E-state index in [-0.39, 0.29) is 22.6 Å². The summed E-state index contributed by atoms with van der Waals surface area (Å²) in [5, 5.41) is 0.268. The van der Waals surface area contributed by atoms with Gasteiger partial charge in [0, 0.05) is 12.2 Å². The fraction of sp³-hybridized carbons (Fsp3) is 0.333. The van der Waals surface area contributed by atoms with E-state index in [1.807, 2.05) is 0 Å². The molecule has 0 unspecified atom stereocenters. The number of amides is 1. The summed E-state index contributed by atoms with van der Waals surface area (Å²) in [4.78, 5) is 14.4. The number of hydrogen-bond donors (Lipinski definition) is 0. The monoisotopic (exact) mass is 357 g/mol. The van der Waals surface area contributed by atoms with E-state index < -0.39 is 5.82 Å². The second kappa shape index (κ2) is 6.66. The largest absolute Gasteiger partial charge is 0.376 e. The van der Waals surface area contributed by atoms with Crippen molar-refractivity contribution in [2.75, 3.05) is 13.2 Å². The van der Waals surface area contributed by atoms with Crippen LogP contribution in [0.2, 0.25) is 5.02 Å². The molecule has 0 spiro atoms. The Balaban J connectivity index is 1.82. The topological polar surface area (TPSA) is 29.5 Å². The summed E-state index contributed by atoms with van der Waals surface area (Å²) < 4.78 is 19.8. The van der Waals surface area contributed by atoms with Gasteiger partial charge in [0.15, 0.2) is 0 Å². The van der Waals surface area contributed by atoms with E-state index in [1.54, 1.807) is 6.07 Å². The van der Waals surface area contributed by atoms with Crippen molar-refractivity contribution < 1.29 is 13.9 Å². The molecule has 2 aliphatic heterocycles. The number of thioether (sulfide) groups is 1. The Labute approximate surface area is 142 Å². The SMILES string of the molecule is O=C1/C(=C\c2c(F)cccc2Cl)SC(=S)N1C[C@H]1CCCO1. The van der Waals surface area contributed by atoms with E-state index in [2.05, 4.69) is 0 Å². The van der Waals surface area contributed by atoms with Gasteiger partial charge in [0.2, 0.25) is 0 Å². The van der Waals surface area contributed by atoms with E-state index in [9.17, 15) is 9.18 Å². The lowest BCUT2D eigenvalue weighted by molar-refractivity contribution is -0.123. The normalized spacial score (nSPS) is 23.8. The van der Waals surface area contributed by atoms with E-state index in [4.69, 9.17) is 28.6 Å². The molecule has 3 rings (SSSR count). The number of nitrogens with zero attached hydrogens (tertiary/aromatic N) is 1. The first-order valence-electron chi connectivity index (χ1n) is 6.87. The number of rotatable bonds is 3. The molecule has 1 amide bonds. The van der Waals surface area contributed by atoms with Gasteiger partial charge in [-0.25, -0.2) is 4.39 Å². The lowest BCUT2D eigenvalue weighted by Crippen LogP contribution is -2.35. The number of thiocarbonyl (C=S) groups is 1. The van der Waals surface area contributed by atoms with Crippen LogP contribution in [0.25, 0.3) is 6.08 Å². The first kappa shape index (κ1) is 15.9. The molecule has 116 valence electrons. The molecule has 0 aromatic heterocycles. The highest BCUT2D eigenvalue weighted by Crippen LogP contribution is 2.35. The van der Waals surface area contributed by atoms with Crippen molar-refractivity contribution in [3.8, 4) is 0 Å². The number of halogens is 2. The Morgan fingerprint density at radius 3 is 3.05 bits per heavy atom. The molecule has 0 saturated carbocycles. The van der Waals surface area contributed by atoms with E-state index in [1.165, 1.54) is 34.9 Å². The van der Waals surface area contributed by atoms with Crippen LogP contribution in [0.3, 0.4) is 0 Å². The standard InChI is InChI=1S/C15H13ClFNO2S2/c16-11-4-1-5-12(17)10(11)7-13-14(19)18(15(21)22-13)8-9-3-2-6-20-9/h1,4-5,7,9H,2-3,6,8H2/b13-7+/t9-/m1/s1. The quantitative estimate of drug-likeness (QED) is 0.607. The minimum Gasteiger partial charge on any atom is -0.376 e. The van der Waals surface area contributed by atoms with Gasteiger partial charge in [0.25, 0.3) is 5.91 Å². The number of benzene rings is 1. The number of carbonyl (C=O) groups excluding carboxylic acids is 1. The van der Waals surface area contributed by atoms with E-state index in [0.717, 1.165) is 19.4 Å². The van der Waals surface area contributed by atoms with Crippen LogP contribution in [0.4, 0.5) is 4.39 Å². The van der Waals surface area contributed by atoms with Crippen LogP contribution in [0, 0.1) is 5.82 Å². The summed E-state index contributed by atoms with van der Waals surface area (Å²) >= 11 is 12.4. The second-order valence-corrected chi connectivity index (χ2v) is 7.15. The van der Waals surface area contributed by atoms with Gasteiger partial charge in [-0.1, -0.05) is 41.6 Å². The van der Waals surface area contributed by atoms with Crippen LogP contribution in [-0.2, 0) is 9.53 Å². The van der Waals surface area contributed by atoms with Crippen molar-refractivity contribution in [1.82, 2.24) is 4.90 Å². The zero-order chi connectivity index (χ0) is 15.7. The number of ether oxygens (including phenoxy) is 1. The van der Waals surface area contributed by atoms with Crippen LogP contribution in [0.1, 0.15) is 18.4 Å². The highest BCUT2D eigenvalue weighted by atomic mass is 35.5. The van der Waals surface area contributed by atoms with Crippen LogP contribution < -0.4 is 0 Å². The van der Waals surface area contributed by atoms with Crippen molar-refractivity contribution in [3.05, 3.63) is 39.5 Å². The van der Waals surface area contributed by atoms with Crippen LogP contribution in [0.15, 0.2) is 23.1 Å². The molecule has 1 atom stereocenters. The molecule has 7 heteroatoms. The van der Waals surface area contributed by atoms with E-state index >= 15 is 0 Å². The molecule has 3 nitrogen and oxygen atoms in total. The molecule has 1 aromatic rings. The lowest BCUT2D eigenvalue weighted by atomic mass is 10.2. The fourth-order valence-corrected chi connectivity index (χ4v) is 3.90. The summed E-state index contributed by atoms with van der Waals surface area (Å²) in [7, 11) is 0. The molecule has 2 heterocycles. The molecule has 2 aliphatic rings. The summed E-state index contributed by atoms with van der Waals surface area (Å²) in [6.45, 7) is 1.17. The Bertz CT molecular complexity index is 639. The third kappa shape index (κ3) is 3.20. The molecule has 0 N–H and O–H groups in total. The zero-order valence-electron chi connectivity index (χ0n) is 11.6. The zero-order valence-corrected chi connectivity index (χ0v) is 13.9. The fourth-order valence-electron chi connectivity index (χ4n) is 2.43. The molecule has 1 aromatic carbocycles.